The molecule has 6 heteroatoms. The highest BCUT2D eigenvalue weighted by atomic mass is 16.6. The molecule has 0 fully saturated rings. The van der Waals surface area contributed by atoms with Gasteiger partial charge >= 0.3 is 5.97 Å². The minimum Gasteiger partial charge on any atom is -0.495 e. The topological polar surface area (TPSA) is 73.9 Å². The maximum atomic E-state index is 12.3. The number of hydrogen-bond acceptors (Lipinski definition) is 5. The van der Waals surface area contributed by atoms with Crippen LogP contribution in [0.2, 0.25) is 0 Å². The molecule has 0 saturated carbocycles. The van der Waals surface area contributed by atoms with E-state index in [0.29, 0.717) is 29.4 Å². The summed E-state index contributed by atoms with van der Waals surface area (Å²) >= 11 is 0. The molecule has 2 rings (SSSR count). The summed E-state index contributed by atoms with van der Waals surface area (Å²) in [7, 11) is 1.54. The molecule has 0 atom stereocenters. The first kappa shape index (κ1) is 17.3. The Bertz CT molecular complexity index is 697. The molecule has 0 saturated heterocycles. The van der Waals surface area contributed by atoms with E-state index >= 15 is 0 Å². The van der Waals surface area contributed by atoms with Crippen molar-refractivity contribution in [2.24, 2.45) is 0 Å². The van der Waals surface area contributed by atoms with Crippen LogP contribution in [0.25, 0.3) is 0 Å². The summed E-state index contributed by atoms with van der Waals surface area (Å²) in [5, 5.41) is 2.79. The Morgan fingerprint density at radius 3 is 2.42 bits per heavy atom. The van der Waals surface area contributed by atoms with Gasteiger partial charge in [0.15, 0.2) is 6.61 Å². The number of esters is 1. The lowest BCUT2D eigenvalue weighted by atomic mass is 10.2. The summed E-state index contributed by atoms with van der Waals surface area (Å²) in [4.78, 5) is 23.5. The summed E-state index contributed by atoms with van der Waals surface area (Å²) in [5.74, 6) is 0.365. The van der Waals surface area contributed by atoms with Crippen molar-refractivity contribution >= 4 is 17.6 Å². The van der Waals surface area contributed by atoms with Gasteiger partial charge in [-0.15, -0.1) is 0 Å². The van der Waals surface area contributed by atoms with Crippen LogP contribution < -0.4 is 14.8 Å². The Morgan fingerprint density at radius 2 is 1.75 bits per heavy atom. The average molecular weight is 329 g/mol. The van der Waals surface area contributed by atoms with Gasteiger partial charge in [-0.25, -0.2) is 4.79 Å². The average Bonchev–Trinajstić information content (AvgIpc) is 2.61. The number of benzene rings is 2. The Kier molecular flexibility index (Phi) is 6.19. The molecule has 0 aliphatic carbocycles. The number of ether oxygens (including phenoxy) is 3. The van der Waals surface area contributed by atoms with Crippen molar-refractivity contribution in [2.75, 3.05) is 25.6 Å². The van der Waals surface area contributed by atoms with Gasteiger partial charge in [-0.05, 0) is 43.3 Å². The third-order valence-electron chi connectivity index (χ3n) is 3.13. The van der Waals surface area contributed by atoms with E-state index in [2.05, 4.69) is 5.32 Å². The van der Waals surface area contributed by atoms with E-state index in [1.54, 1.807) is 50.4 Å². The van der Waals surface area contributed by atoms with Crippen molar-refractivity contribution in [1.82, 2.24) is 0 Å². The fraction of sp³-hybridized carbons (Fsp3) is 0.222. The van der Waals surface area contributed by atoms with Crippen LogP contribution in [0.3, 0.4) is 0 Å². The molecule has 6 nitrogen and oxygen atoms in total. The lowest BCUT2D eigenvalue weighted by molar-refractivity contribution is -0.145. The Morgan fingerprint density at radius 1 is 1.04 bits per heavy atom. The predicted molar refractivity (Wildman–Crippen MR) is 89.5 cm³/mol. The first-order chi connectivity index (χ1) is 11.6. The first-order valence-corrected chi connectivity index (χ1v) is 7.47. The monoisotopic (exact) mass is 329 g/mol. The summed E-state index contributed by atoms with van der Waals surface area (Å²) in [5.41, 5.74) is 1.05. The molecule has 0 bridgehead atoms. The van der Waals surface area contributed by atoms with Gasteiger partial charge in [-0.2, -0.15) is 0 Å². The van der Waals surface area contributed by atoms with Gasteiger partial charge in [0, 0.05) is 5.56 Å². The van der Waals surface area contributed by atoms with E-state index in [-0.39, 0.29) is 12.5 Å². The normalized spacial score (nSPS) is 9.92. The van der Waals surface area contributed by atoms with E-state index in [1.807, 2.05) is 12.1 Å². The second kappa shape index (κ2) is 8.57. The fourth-order valence-corrected chi connectivity index (χ4v) is 1.99. The van der Waals surface area contributed by atoms with Crippen molar-refractivity contribution < 1.29 is 23.8 Å². The zero-order valence-electron chi connectivity index (χ0n) is 13.6. The molecule has 0 aromatic heterocycles. The van der Waals surface area contributed by atoms with E-state index in [1.165, 1.54) is 0 Å². The molecular formula is C18H19NO5. The Balaban J connectivity index is 1.97. The van der Waals surface area contributed by atoms with Crippen LogP contribution in [0, 0.1) is 0 Å². The molecule has 0 radical (unpaired) electrons. The second-order valence-corrected chi connectivity index (χ2v) is 4.77. The highest BCUT2D eigenvalue weighted by Gasteiger charge is 2.10. The van der Waals surface area contributed by atoms with Crippen LogP contribution in [-0.2, 0) is 9.53 Å². The second-order valence-electron chi connectivity index (χ2n) is 4.77. The van der Waals surface area contributed by atoms with E-state index in [0.717, 1.165) is 0 Å². The minimum absolute atomic E-state index is 0.166. The van der Waals surface area contributed by atoms with Gasteiger partial charge in [0.25, 0.3) is 5.91 Å². The maximum Gasteiger partial charge on any atom is 0.344 e. The van der Waals surface area contributed by atoms with Crippen LogP contribution in [0.5, 0.6) is 11.5 Å². The van der Waals surface area contributed by atoms with Crippen LogP contribution in [0.1, 0.15) is 17.3 Å². The number of nitrogens with one attached hydrogen (secondary N) is 1. The Labute approximate surface area is 140 Å². The van der Waals surface area contributed by atoms with Gasteiger partial charge in [0.1, 0.15) is 11.5 Å². The number of carbonyl (C=O) groups excluding carboxylic acids is 2. The van der Waals surface area contributed by atoms with Crippen molar-refractivity contribution in [1.29, 1.82) is 0 Å². The molecule has 24 heavy (non-hydrogen) atoms. The molecule has 2 aromatic rings. The highest BCUT2D eigenvalue weighted by Crippen LogP contribution is 2.24. The first-order valence-electron chi connectivity index (χ1n) is 7.47. The lowest BCUT2D eigenvalue weighted by Gasteiger charge is -2.10. The summed E-state index contributed by atoms with van der Waals surface area (Å²) in [6.45, 7) is 1.87. The summed E-state index contributed by atoms with van der Waals surface area (Å²) in [6.07, 6.45) is 0. The van der Waals surface area contributed by atoms with Crippen LogP contribution in [0.4, 0.5) is 5.69 Å². The van der Waals surface area contributed by atoms with E-state index < -0.39 is 5.97 Å². The van der Waals surface area contributed by atoms with Gasteiger partial charge < -0.3 is 19.5 Å². The van der Waals surface area contributed by atoms with Crippen LogP contribution in [0.15, 0.2) is 48.5 Å². The SMILES string of the molecule is CCOC(=O)COc1ccc(C(=O)Nc2ccccc2OC)cc1. The standard InChI is InChI=1S/C18H19NO5/c1-3-23-17(20)12-24-14-10-8-13(9-11-14)18(21)19-15-6-4-5-7-16(15)22-2/h4-11H,3,12H2,1-2H3,(H,19,21). The molecule has 0 aliphatic heterocycles. The third-order valence-corrected chi connectivity index (χ3v) is 3.13. The quantitative estimate of drug-likeness (QED) is 0.791. The van der Waals surface area contributed by atoms with Crippen molar-refractivity contribution in [2.45, 2.75) is 6.92 Å². The molecule has 0 aliphatic rings. The van der Waals surface area contributed by atoms with Crippen molar-refractivity contribution in [3.63, 3.8) is 0 Å². The largest absolute Gasteiger partial charge is 0.495 e. The number of methoxy groups -OCH3 is 1. The zero-order valence-corrected chi connectivity index (χ0v) is 13.6. The third kappa shape index (κ3) is 4.74. The van der Waals surface area contributed by atoms with Crippen LogP contribution >= 0.6 is 0 Å². The molecule has 1 N–H and O–H groups in total. The zero-order chi connectivity index (χ0) is 17.4. The molecule has 1 amide bonds. The molecule has 0 spiro atoms. The predicted octanol–water partition coefficient (Wildman–Crippen LogP) is 2.89. The van der Waals surface area contributed by atoms with Crippen LogP contribution in [-0.4, -0.2) is 32.2 Å². The molecule has 2 aromatic carbocycles. The molecule has 126 valence electrons. The smallest absolute Gasteiger partial charge is 0.344 e. The molecule has 0 heterocycles. The summed E-state index contributed by atoms with van der Waals surface area (Å²) < 4.78 is 15.3. The van der Waals surface area contributed by atoms with Gasteiger partial charge in [-0.1, -0.05) is 12.1 Å². The number of carbonyl (C=O) groups is 2. The molecular weight excluding hydrogens is 310 g/mol. The summed E-state index contributed by atoms with van der Waals surface area (Å²) in [6, 6.07) is 13.6. The number of anilines is 1. The van der Waals surface area contributed by atoms with E-state index in [4.69, 9.17) is 14.2 Å². The number of para-hydroxylation sites is 2. The van der Waals surface area contributed by atoms with Gasteiger partial charge in [0.2, 0.25) is 0 Å². The van der Waals surface area contributed by atoms with Crippen molar-refractivity contribution in [3.8, 4) is 11.5 Å². The fourth-order valence-electron chi connectivity index (χ4n) is 1.99. The lowest BCUT2D eigenvalue weighted by Crippen LogP contribution is -2.15. The number of amides is 1. The Hall–Kier alpha value is -3.02. The maximum absolute atomic E-state index is 12.3. The van der Waals surface area contributed by atoms with Crippen molar-refractivity contribution in [3.05, 3.63) is 54.1 Å². The van der Waals surface area contributed by atoms with Gasteiger partial charge in [-0.3, -0.25) is 4.79 Å². The number of hydrogen-bond donors (Lipinski definition) is 1. The van der Waals surface area contributed by atoms with Gasteiger partial charge in [0.05, 0.1) is 19.4 Å². The molecule has 0 unspecified atom stereocenters. The number of rotatable bonds is 7. The highest BCUT2D eigenvalue weighted by molar-refractivity contribution is 6.05. The minimum atomic E-state index is -0.435. The van der Waals surface area contributed by atoms with E-state index in [9.17, 15) is 9.59 Å².